The highest BCUT2D eigenvalue weighted by Crippen LogP contribution is 2.13. The van der Waals surface area contributed by atoms with E-state index in [-0.39, 0.29) is 0 Å². The molecule has 0 bridgehead atoms. The smallest absolute Gasteiger partial charge is 0.226 e. The minimum Gasteiger partial charge on any atom is -0.357 e. The van der Waals surface area contributed by atoms with Gasteiger partial charge >= 0.3 is 0 Å². The molecule has 24 heavy (non-hydrogen) atoms. The third-order valence-electron chi connectivity index (χ3n) is 3.31. The molecular weight excluding hydrogens is 324 g/mol. The average Bonchev–Trinajstić information content (AvgIpc) is 3.20. The SMILES string of the molecule is CCNC(=NCCCc1nc(C)no1)NCCc1ncc(CC)s1. The Bertz CT molecular complexity index is 636. The molecule has 132 valence electrons. The molecule has 0 aliphatic rings. The average molecular weight is 350 g/mol. The van der Waals surface area contributed by atoms with Gasteiger partial charge in [-0.05, 0) is 26.7 Å². The lowest BCUT2D eigenvalue weighted by atomic mass is 10.3. The number of nitrogens with one attached hydrogen (secondary N) is 2. The first kappa shape index (κ1) is 18.4. The third kappa shape index (κ3) is 6.27. The standard InChI is InChI=1S/C16H26N6OS/c1-4-13-11-20-15(24-13)8-10-19-16(17-5-2)18-9-6-7-14-21-12(3)22-23-14/h11H,4-10H2,1-3H3,(H2,17,18,19). The van der Waals surface area contributed by atoms with Crippen LogP contribution in [0.2, 0.25) is 0 Å². The van der Waals surface area contributed by atoms with Crippen LogP contribution in [0.25, 0.3) is 0 Å². The van der Waals surface area contributed by atoms with Crippen molar-refractivity contribution in [1.29, 1.82) is 0 Å². The fourth-order valence-electron chi connectivity index (χ4n) is 2.12. The van der Waals surface area contributed by atoms with E-state index in [4.69, 9.17) is 4.52 Å². The topological polar surface area (TPSA) is 88.2 Å². The van der Waals surface area contributed by atoms with Crippen LogP contribution in [-0.2, 0) is 19.3 Å². The predicted molar refractivity (Wildman–Crippen MR) is 96.5 cm³/mol. The van der Waals surface area contributed by atoms with Crippen molar-refractivity contribution >= 4 is 17.3 Å². The Morgan fingerprint density at radius 3 is 2.83 bits per heavy atom. The number of nitrogens with zero attached hydrogens (tertiary/aromatic N) is 4. The maximum Gasteiger partial charge on any atom is 0.226 e. The van der Waals surface area contributed by atoms with Gasteiger partial charge in [0.15, 0.2) is 11.8 Å². The molecule has 2 heterocycles. The number of aryl methyl sites for hydroxylation is 3. The van der Waals surface area contributed by atoms with Crippen LogP contribution >= 0.6 is 11.3 Å². The zero-order valence-electron chi connectivity index (χ0n) is 14.6. The van der Waals surface area contributed by atoms with Gasteiger partial charge in [0.2, 0.25) is 5.89 Å². The van der Waals surface area contributed by atoms with Gasteiger partial charge in [-0.15, -0.1) is 11.3 Å². The van der Waals surface area contributed by atoms with E-state index in [0.717, 1.165) is 44.7 Å². The van der Waals surface area contributed by atoms with E-state index in [0.29, 0.717) is 18.3 Å². The van der Waals surface area contributed by atoms with E-state index >= 15 is 0 Å². The highest BCUT2D eigenvalue weighted by molar-refractivity contribution is 7.11. The largest absolute Gasteiger partial charge is 0.357 e. The Balaban J connectivity index is 1.71. The lowest BCUT2D eigenvalue weighted by Gasteiger charge is -2.10. The number of aliphatic imine (C=N–C) groups is 1. The minimum absolute atomic E-state index is 0.677. The number of aromatic nitrogens is 3. The third-order valence-corrected chi connectivity index (χ3v) is 4.52. The van der Waals surface area contributed by atoms with Crippen LogP contribution in [0.4, 0.5) is 0 Å². The molecule has 0 aliphatic carbocycles. The molecule has 0 saturated carbocycles. The number of hydrogen-bond acceptors (Lipinski definition) is 6. The van der Waals surface area contributed by atoms with Gasteiger partial charge in [0.25, 0.3) is 0 Å². The molecule has 0 fully saturated rings. The van der Waals surface area contributed by atoms with Crippen molar-refractivity contribution < 1.29 is 4.52 Å². The van der Waals surface area contributed by atoms with Crippen molar-refractivity contribution in [3.8, 4) is 0 Å². The van der Waals surface area contributed by atoms with Crippen molar-refractivity contribution in [3.05, 3.63) is 27.8 Å². The van der Waals surface area contributed by atoms with Gasteiger partial charge < -0.3 is 15.2 Å². The summed E-state index contributed by atoms with van der Waals surface area (Å²) in [6.45, 7) is 8.42. The molecule has 2 aromatic heterocycles. The minimum atomic E-state index is 0.677. The van der Waals surface area contributed by atoms with E-state index in [1.807, 2.05) is 13.1 Å². The summed E-state index contributed by atoms with van der Waals surface area (Å²) in [7, 11) is 0. The van der Waals surface area contributed by atoms with Gasteiger partial charge in [-0.2, -0.15) is 4.98 Å². The molecule has 0 spiro atoms. The first-order chi connectivity index (χ1) is 11.7. The van der Waals surface area contributed by atoms with Crippen LogP contribution in [0.1, 0.15) is 41.9 Å². The Morgan fingerprint density at radius 2 is 2.17 bits per heavy atom. The Morgan fingerprint density at radius 1 is 1.29 bits per heavy atom. The van der Waals surface area contributed by atoms with Crippen molar-refractivity contribution in [3.63, 3.8) is 0 Å². The molecule has 2 rings (SSSR count). The number of rotatable bonds is 9. The fraction of sp³-hybridized carbons (Fsp3) is 0.625. The van der Waals surface area contributed by atoms with Crippen LogP contribution in [0.3, 0.4) is 0 Å². The van der Waals surface area contributed by atoms with E-state index in [2.05, 4.69) is 44.6 Å². The Labute approximate surface area is 147 Å². The molecule has 0 amide bonds. The summed E-state index contributed by atoms with van der Waals surface area (Å²) in [4.78, 5) is 14.5. The summed E-state index contributed by atoms with van der Waals surface area (Å²) in [5.41, 5.74) is 0. The Kier molecular flexibility index (Phi) is 7.67. The molecule has 0 aromatic carbocycles. The quantitative estimate of drug-likeness (QED) is 0.409. The van der Waals surface area contributed by atoms with Gasteiger partial charge in [0.1, 0.15) is 0 Å². The first-order valence-corrected chi connectivity index (χ1v) is 9.27. The lowest BCUT2D eigenvalue weighted by Crippen LogP contribution is -2.38. The molecule has 7 nitrogen and oxygen atoms in total. The summed E-state index contributed by atoms with van der Waals surface area (Å²) in [5, 5.41) is 11.6. The summed E-state index contributed by atoms with van der Waals surface area (Å²) < 4.78 is 5.10. The number of guanidine groups is 1. The van der Waals surface area contributed by atoms with Crippen molar-refractivity contribution in [1.82, 2.24) is 25.8 Å². The van der Waals surface area contributed by atoms with Crippen LogP contribution < -0.4 is 10.6 Å². The molecule has 2 N–H and O–H groups in total. The molecule has 0 aliphatic heterocycles. The van der Waals surface area contributed by atoms with E-state index < -0.39 is 0 Å². The van der Waals surface area contributed by atoms with Gasteiger partial charge in [-0.1, -0.05) is 12.1 Å². The number of hydrogen-bond donors (Lipinski definition) is 2. The normalized spacial score (nSPS) is 11.7. The van der Waals surface area contributed by atoms with Crippen LogP contribution in [0.15, 0.2) is 15.7 Å². The maximum absolute atomic E-state index is 5.10. The predicted octanol–water partition coefficient (Wildman–Crippen LogP) is 2.13. The Hall–Kier alpha value is -1.96. The summed E-state index contributed by atoms with van der Waals surface area (Å²) in [6.07, 6.45) is 5.57. The van der Waals surface area contributed by atoms with Gasteiger partial charge in [0, 0.05) is 43.5 Å². The van der Waals surface area contributed by atoms with Crippen LogP contribution in [0.5, 0.6) is 0 Å². The zero-order chi connectivity index (χ0) is 17.2. The van der Waals surface area contributed by atoms with Crippen LogP contribution in [0, 0.1) is 6.92 Å². The summed E-state index contributed by atoms with van der Waals surface area (Å²) in [6, 6.07) is 0. The van der Waals surface area contributed by atoms with Crippen molar-refractivity contribution in [2.75, 3.05) is 19.6 Å². The zero-order valence-corrected chi connectivity index (χ0v) is 15.4. The second kappa shape index (κ2) is 10.0. The van der Waals surface area contributed by atoms with E-state index in [9.17, 15) is 0 Å². The van der Waals surface area contributed by atoms with Gasteiger partial charge in [-0.25, -0.2) is 4.98 Å². The number of thiazole rings is 1. The second-order valence-electron chi connectivity index (χ2n) is 5.35. The van der Waals surface area contributed by atoms with Crippen molar-refractivity contribution in [2.45, 2.75) is 46.5 Å². The first-order valence-electron chi connectivity index (χ1n) is 8.46. The van der Waals surface area contributed by atoms with Gasteiger partial charge in [-0.3, -0.25) is 4.99 Å². The second-order valence-corrected chi connectivity index (χ2v) is 6.55. The monoisotopic (exact) mass is 350 g/mol. The van der Waals surface area contributed by atoms with Crippen LogP contribution in [-0.4, -0.2) is 40.7 Å². The van der Waals surface area contributed by atoms with E-state index in [1.165, 1.54) is 9.88 Å². The maximum atomic E-state index is 5.10. The molecule has 0 atom stereocenters. The van der Waals surface area contributed by atoms with Gasteiger partial charge in [0.05, 0.1) is 5.01 Å². The summed E-state index contributed by atoms with van der Waals surface area (Å²) >= 11 is 1.78. The highest BCUT2D eigenvalue weighted by atomic mass is 32.1. The fourth-order valence-corrected chi connectivity index (χ4v) is 2.98. The molecule has 2 aromatic rings. The molecule has 0 unspecified atom stereocenters. The van der Waals surface area contributed by atoms with Crippen molar-refractivity contribution in [2.24, 2.45) is 4.99 Å². The molecular formula is C16H26N6OS. The highest BCUT2D eigenvalue weighted by Gasteiger charge is 2.03. The molecule has 0 saturated heterocycles. The molecule has 8 heteroatoms. The lowest BCUT2D eigenvalue weighted by molar-refractivity contribution is 0.372. The van der Waals surface area contributed by atoms with E-state index in [1.54, 1.807) is 11.3 Å². The molecule has 0 radical (unpaired) electrons. The summed E-state index contributed by atoms with van der Waals surface area (Å²) in [5.74, 6) is 2.19.